The normalized spacial score (nSPS) is 16.4. The summed E-state index contributed by atoms with van der Waals surface area (Å²) in [6.45, 7) is 4.28. The standard InChI is InChI=1S/C60H51N/c1-2-46(30-18-21-45-19-8-3-9-20-45)57-41-39-55(43-59(57)51-26-14-6-15-27-51)61(54-37-35-50(36-38-54)48-24-12-5-13-25-48)56-40-42-58(60(44-56)52-28-16-7-17-29-52)53-33-31-49(32-34-53)47-22-10-4-11-23-47/h2-12,14-24,26-31,33-35,37,39-44,49H,1,13,25,32,36,38H2/b21-18+,46-30+. The van der Waals surface area contributed by atoms with Crippen LogP contribution in [0.4, 0.5) is 11.4 Å². The van der Waals surface area contributed by atoms with Crippen LogP contribution in [0.15, 0.2) is 248 Å². The molecule has 0 saturated heterocycles. The first kappa shape index (κ1) is 39.3. The molecule has 0 amide bonds. The summed E-state index contributed by atoms with van der Waals surface area (Å²) in [6, 6.07) is 57.0. The molecule has 1 unspecified atom stereocenters. The topological polar surface area (TPSA) is 3.24 Å². The van der Waals surface area contributed by atoms with Gasteiger partial charge in [-0.05, 0) is 129 Å². The van der Waals surface area contributed by atoms with E-state index < -0.39 is 0 Å². The van der Waals surface area contributed by atoms with Crippen LogP contribution in [0.25, 0.3) is 39.5 Å². The van der Waals surface area contributed by atoms with Crippen molar-refractivity contribution < 1.29 is 0 Å². The molecular formula is C60H51N. The first-order chi connectivity index (χ1) is 30.2. The van der Waals surface area contributed by atoms with E-state index in [1.165, 1.54) is 61.4 Å². The fourth-order valence-corrected chi connectivity index (χ4v) is 8.85. The van der Waals surface area contributed by atoms with Gasteiger partial charge in [0.05, 0.1) is 0 Å². The first-order valence-corrected chi connectivity index (χ1v) is 21.7. The van der Waals surface area contributed by atoms with Crippen LogP contribution in [-0.2, 0) is 0 Å². The van der Waals surface area contributed by atoms with Crippen LogP contribution in [0.5, 0.6) is 0 Å². The van der Waals surface area contributed by atoms with Gasteiger partial charge in [-0.15, -0.1) is 0 Å². The molecule has 1 nitrogen and oxygen atoms in total. The van der Waals surface area contributed by atoms with E-state index in [0.29, 0.717) is 5.92 Å². The zero-order valence-corrected chi connectivity index (χ0v) is 34.7. The molecule has 296 valence electrons. The van der Waals surface area contributed by atoms with Gasteiger partial charge in [-0.2, -0.15) is 0 Å². The zero-order valence-electron chi connectivity index (χ0n) is 34.7. The second kappa shape index (κ2) is 18.8. The Kier molecular flexibility index (Phi) is 12.1. The van der Waals surface area contributed by atoms with Crippen LogP contribution < -0.4 is 4.90 Å². The molecule has 0 fully saturated rings. The highest BCUT2D eigenvalue weighted by molar-refractivity contribution is 5.91. The third-order valence-electron chi connectivity index (χ3n) is 12.1. The summed E-state index contributed by atoms with van der Waals surface area (Å²) in [5, 5.41) is 0. The molecule has 61 heavy (non-hydrogen) atoms. The molecule has 0 radical (unpaired) electrons. The molecule has 0 aliphatic heterocycles. The van der Waals surface area contributed by atoms with Gasteiger partial charge < -0.3 is 4.90 Å². The molecule has 6 aromatic carbocycles. The van der Waals surface area contributed by atoms with Gasteiger partial charge in [0.2, 0.25) is 0 Å². The van der Waals surface area contributed by atoms with E-state index in [2.05, 4.69) is 230 Å². The Balaban J connectivity index is 1.17. The lowest BCUT2D eigenvalue weighted by Crippen LogP contribution is -2.19. The van der Waals surface area contributed by atoms with Crippen molar-refractivity contribution in [1.29, 1.82) is 0 Å². The molecule has 0 heterocycles. The molecule has 1 heteroatoms. The predicted octanol–water partition coefficient (Wildman–Crippen LogP) is 16.4. The molecule has 3 aliphatic rings. The van der Waals surface area contributed by atoms with Crippen molar-refractivity contribution in [3.63, 3.8) is 0 Å². The van der Waals surface area contributed by atoms with Gasteiger partial charge in [0, 0.05) is 23.0 Å². The zero-order chi connectivity index (χ0) is 41.2. The van der Waals surface area contributed by atoms with Crippen LogP contribution in [0.1, 0.15) is 60.3 Å². The lowest BCUT2D eigenvalue weighted by molar-refractivity contribution is 0.850. The van der Waals surface area contributed by atoms with Gasteiger partial charge in [-0.3, -0.25) is 0 Å². The number of hydrogen-bond donors (Lipinski definition) is 0. The maximum Gasteiger partial charge on any atom is 0.0465 e. The van der Waals surface area contributed by atoms with Gasteiger partial charge in [-0.1, -0.05) is 207 Å². The molecule has 1 atom stereocenters. The Bertz CT molecular complexity index is 2750. The number of benzene rings is 6. The Morgan fingerprint density at radius 2 is 1.26 bits per heavy atom. The number of hydrogen-bond acceptors (Lipinski definition) is 1. The number of rotatable bonds is 12. The summed E-state index contributed by atoms with van der Waals surface area (Å²) >= 11 is 0. The monoisotopic (exact) mass is 785 g/mol. The lowest BCUT2D eigenvalue weighted by Gasteiger charge is -2.32. The summed E-state index contributed by atoms with van der Waals surface area (Å²) in [5.74, 6) is 0.384. The van der Waals surface area contributed by atoms with Crippen molar-refractivity contribution in [1.82, 2.24) is 0 Å². The second-order valence-corrected chi connectivity index (χ2v) is 15.9. The van der Waals surface area contributed by atoms with Crippen molar-refractivity contribution in [2.24, 2.45) is 0 Å². The predicted molar refractivity (Wildman–Crippen MR) is 262 cm³/mol. The molecule has 0 saturated carbocycles. The van der Waals surface area contributed by atoms with E-state index in [1.807, 2.05) is 12.1 Å². The molecule has 9 rings (SSSR count). The lowest BCUT2D eigenvalue weighted by atomic mass is 9.85. The van der Waals surface area contributed by atoms with Crippen LogP contribution in [0, 0.1) is 0 Å². The van der Waals surface area contributed by atoms with Gasteiger partial charge in [-0.25, -0.2) is 0 Å². The number of nitrogens with zero attached hydrogens (tertiary/aromatic N) is 1. The Morgan fingerprint density at radius 3 is 1.90 bits per heavy atom. The maximum absolute atomic E-state index is 4.28. The van der Waals surface area contributed by atoms with Crippen LogP contribution in [-0.4, -0.2) is 0 Å². The van der Waals surface area contributed by atoms with E-state index in [-0.39, 0.29) is 0 Å². The van der Waals surface area contributed by atoms with Gasteiger partial charge in [0.15, 0.2) is 0 Å². The summed E-state index contributed by atoms with van der Waals surface area (Å²) in [5.41, 5.74) is 18.5. The quantitative estimate of drug-likeness (QED) is 0.112. The largest absolute Gasteiger partial charge is 0.314 e. The second-order valence-electron chi connectivity index (χ2n) is 15.9. The minimum atomic E-state index is 0.384. The molecule has 6 aromatic rings. The van der Waals surface area contributed by atoms with Gasteiger partial charge in [0.1, 0.15) is 0 Å². The van der Waals surface area contributed by atoms with Crippen molar-refractivity contribution >= 4 is 28.6 Å². The minimum absolute atomic E-state index is 0.384. The van der Waals surface area contributed by atoms with E-state index in [4.69, 9.17) is 0 Å². The van der Waals surface area contributed by atoms with Crippen molar-refractivity contribution in [3.8, 4) is 22.3 Å². The average Bonchev–Trinajstić information content (AvgIpc) is 3.35. The van der Waals surface area contributed by atoms with Crippen molar-refractivity contribution in [2.45, 2.75) is 38.0 Å². The molecule has 0 N–H and O–H groups in total. The Hall–Kier alpha value is -7.22. The van der Waals surface area contributed by atoms with E-state index in [9.17, 15) is 0 Å². The summed E-state index contributed by atoms with van der Waals surface area (Å²) in [6.07, 6.45) is 32.2. The smallest absolute Gasteiger partial charge is 0.0465 e. The van der Waals surface area contributed by atoms with Crippen LogP contribution in [0.3, 0.4) is 0 Å². The highest BCUT2D eigenvalue weighted by Gasteiger charge is 2.23. The maximum atomic E-state index is 4.28. The van der Waals surface area contributed by atoms with Gasteiger partial charge >= 0.3 is 0 Å². The summed E-state index contributed by atoms with van der Waals surface area (Å²) in [7, 11) is 0. The number of anilines is 2. The van der Waals surface area contributed by atoms with Crippen molar-refractivity contribution in [3.05, 3.63) is 270 Å². The van der Waals surface area contributed by atoms with Crippen molar-refractivity contribution in [2.75, 3.05) is 4.90 Å². The molecule has 0 bridgehead atoms. The Labute approximate surface area is 362 Å². The molecule has 0 spiro atoms. The Morgan fingerprint density at radius 1 is 0.607 bits per heavy atom. The van der Waals surface area contributed by atoms with E-state index in [1.54, 1.807) is 0 Å². The first-order valence-electron chi connectivity index (χ1n) is 21.7. The summed E-state index contributed by atoms with van der Waals surface area (Å²) in [4.78, 5) is 2.50. The summed E-state index contributed by atoms with van der Waals surface area (Å²) < 4.78 is 0. The highest BCUT2D eigenvalue weighted by atomic mass is 15.1. The fraction of sp³-hybridized carbons (Fsp3) is 0.100. The number of allylic oxidation sites excluding steroid dienone is 16. The minimum Gasteiger partial charge on any atom is -0.314 e. The van der Waals surface area contributed by atoms with Gasteiger partial charge in [0.25, 0.3) is 0 Å². The third kappa shape index (κ3) is 9.03. The third-order valence-corrected chi connectivity index (χ3v) is 12.1. The highest BCUT2D eigenvalue weighted by Crippen LogP contribution is 2.43. The van der Waals surface area contributed by atoms with E-state index >= 15 is 0 Å². The van der Waals surface area contributed by atoms with E-state index in [0.717, 1.165) is 54.6 Å². The average molecular weight is 786 g/mol. The molecule has 0 aromatic heterocycles. The SMILES string of the molecule is C=C/C(=C\C=C\c1ccccc1)c1ccc(N(C2=CC=C(C3=CC=CCC3)CC2)c2ccc(C3=CCC(c4ccccc4)C=C3)c(-c3ccccc3)c2)cc1-c1ccccc1. The molecular weight excluding hydrogens is 735 g/mol. The fourth-order valence-electron chi connectivity index (χ4n) is 8.85. The molecule has 3 aliphatic carbocycles. The van der Waals surface area contributed by atoms with Crippen LogP contribution >= 0.6 is 0 Å². The van der Waals surface area contributed by atoms with Crippen LogP contribution in [0.2, 0.25) is 0 Å².